The van der Waals surface area contributed by atoms with Crippen molar-refractivity contribution in [3.8, 4) is 0 Å². The van der Waals surface area contributed by atoms with Crippen molar-refractivity contribution in [2.75, 3.05) is 50.8 Å². The van der Waals surface area contributed by atoms with E-state index in [1.807, 2.05) is 30.3 Å². The Morgan fingerprint density at radius 3 is 1.80 bits per heavy atom. The van der Waals surface area contributed by atoms with Crippen molar-refractivity contribution in [2.45, 2.75) is 200 Å². The Morgan fingerprint density at radius 2 is 1.18 bits per heavy atom. The minimum atomic E-state index is -1.54. The maximum atomic E-state index is 14.5. The molecule has 105 heavy (non-hydrogen) atoms. The van der Waals surface area contributed by atoms with Crippen LogP contribution in [0.5, 0.6) is 0 Å². The first-order valence-corrected chi connectivity index (χ1v) is 38.3. The van der Waals surface area contributed by atoms with E-state index in [9.17, 15) is 76.7 Å². The Kier molecular flexibility index (Phi) is 35.5. The number of nitrogens with one attached hydrogen (secondary N) is 14. The van der Waals surface area contributed by atoms with Crippen LogP contribution in [-0.2, 0) is 89.6 Å². The van der Waals surface area contributed by atoms with Gasteiger partial charge in [0.05, 0.1) is 26.2 Å². The molecule has 578 valence electrons. The fourth-order valence-corrected chi connectivity index (χ4v) is 14.2. The second kappa shape index (κ2) is 43.2. The van der Waals surface area contributed by atoms with E-state index in [-0.39, 0.29) is 36.9 Å². The molecule has 0 aromatic heterocycles. The lowest BCUT2D eigenvalue weighted by atomic mass is 9.98. The summed E-state index contributed by atoms with van der Waals surface area (Å²) < 4.78 is 0. The highest BCUT2D eigenvalue weighted by atomic mass is 33.1. The lowest BCUT2D eigenvalue weighted by Crippen LogP contribution is -2.60. The molecule has 2 aromatic carbocycles. The third-order valence-electron chi connectivity index (χ3n) is 18.4. The lowest BCUT2D eigenvalue weighted by Gasteiger charge is -2.31. The quantitative estimate of drug-likeness (QED) is 0.0234. The number of carbonyl (C=O) groups is 16. The average molecular weight is 1500 g/mol. The number of benzene rings is 2. The van der Waals surface area contributed by atoms with E-state index < -0.39 is 205 Å². The summed E-state index contributed by atoms with van der Waals surface area (Å²) in [7, 11) is 1.83. The summed E-state index contributed by atoms with van der Waals surface area (Å²) >= 11 is 0. The minimum Gasteiger partial charge on any atom is -0.352 e. The van der Waals surface area contributed by atoms with Crippen molar-refractivity contribution in [2.24, 2.45) is 23.7 Å². The van der Waals surface area contributed by atoms with Crippen molar-refractivity contribution in [1.82, 2.24) is 84.2 Å². The summed E-state index contributed by atoms with van der Waals surface area (Å²) in [5.74, 6) is -14.2. The van der Waals surface area contributed by atoms with Crippen LogP contribution in [0.15, 0.2) is 60.7 Å². The second-order valence-electron chi connectivity index (χ2n) is 27.5. The Bertz CT molecular complexity index is 3370. The molecule has 0 saturated carbocycles. The van der Waals surface area contributed by atoms with E-state index >= 15 is 0 Å². The molecule has 34 heteroatoms. The molecule has 3 fully saturated rings. The maximum absolute atomic E-state index is 14.5. The van der Waals surface area contributed by atoms with Gasteiger partial charge in [0.1, 0.15) is 66.5 Å². The van der Waals surface area contributed by atoms with Gasteiger partial charge in [0.15, 0.2) is 0 Å². The first-order chi connectivity index (χ1) is 49.8. The summed E-state index contributed by atoms with van der Waals surface area (Å²) in [6.45, 7) is 16.0. The molecule has 0 bridgehead atoms. The van der Waals surface area contributed by atoms with Crippen LogP contribution in [0.4, 0.5) is 0 Å². The monoisotopic (exact) mass is 1500 g/mol. The number of likely N-dealkylation sites (tertiary alicyclic amines) is 1. The van der Waals surface area contributed by atoms with Crippen LogP contribution in [0.1, 0.15) is 126 Å². The fourth-order valence-electron chi connectivity index (χ4n) is 11.8. The molecule has 14 unspecified atom stereocenters. The molecule has 32 nitrogen and oxygen atoms in total. The Morgan fingerprint density at radius 1 is 0.571 bits per heavy atom. The molecule has 3 heterocycles. The van der Waals surface area contributed by atoms with Gasteiger partial charge >= 0.3 is 0 Å². The number of rotatable bonds is 30. The molecule has 16 amide bonds. The molecular formula is C71H106N16O16S2. The van der Waals surface area contributed by atoms with E-state index in [0.29, 0.717) is 57.0 Å². The predicted octanol–water partition coefficient (Wildman–Crippen LogP) is -1.74. The van der Waals surface area contributed by atoms with Gasteiger partial charge < -0.3 is 84.2 Å². The van der Waals surface area contributed by atoms with Crippen LogP contribution in [0, 0.1) is 23.7 Å². The smallest absolute Gasteiger partial charge is 0.246 e. The first-order valence-electron chi connectivity index (χ1n) is 35.8. The largest absolute Gasteiger partial charge is 0.352 e. The highest BCUT2D eigenvalue weighted by Gasteiger charge is 2.41. The maximum Gasteiger partial charge on any atom is 0.246 e. The summed E-state index contributed by atoms with van der Waals surface area (Å²) in [5.41, 5.74) is 1.64. The molecule has 14 atom stereocenters. The highest BCUT2D eigenvalue weighted by Crippen LogP contribution is 2.25. The molecule has 5 rings (SSSR count). The third kappa shape index (κ3) is 27.6. The van der Waals surface area contributed by atoms with E-state index in [1.165, 1.54) is 23.6 Å². The number of amides is 16. The predicted molar refractivity (Wildman–Crippen MR) is 393 cm³/mol. The number of carbonyl (C=O) groups excluding carboxylic acids is 16. The molecule has 0 radical (unpaired) electrons. The van der Waals surface area contributed by atoms with Crippen molar-refractivity contribution in [3.05, 3.63) is 71.8 Å². The molecule has 2 aromatic rings. The van der Waals surface area contributed by atoms with E-state index in [0.717, 1.165) is 27.2 Å². The van der Waals surface area contributed by atoms with Gasteiger partial charge in [-0.25, -0.2) is 0 Å². The molecule has 3 saturated heterocycles. The molecule has 0 spiro atoms. The van der Waals surface area contributed by atoms with Crippen LogP contribution >= 0.6 is 21.6 Å². The van der Waals surface area contributed by atoms with Gasteiger partial charge in [-0.1, -0.05) is 150 Å². The van der Waals surface area contributed by atoms with Crippen molar-refractivity contribution in [1.29, 1.82) is 0 Å². The molecular weight excluding hydrogens is 1400 g/mol. The van der Waals surface area contributed by atoms with Gasteiger partial charge in [-0.3, -0.25) is 76.7 Å². The second-order valence-corrected chi connectivity index (χ2v) is 30.1. The fraction of sp³-hybridized carbons (Fsp3) is 0.606. The zero-order chi connectivity index (χ0) is 77.6. The topological polar surface area (TPSA) is 448 Å². The van der Waals surface area contributed by atoms with Gasteiger partial charge in [0, 0.05) is 37.1 Å². The van der Waals surface area contributed by atoms with Gasteiger partial charge in [-0.05, 0) is 87.7 Å². The third-order valence-corrected chi connectivity index (χ3v) is 20.8. The number of nitrogens with zero attached hydrogens (tertiary/aromatic N) is 2. The number of fused-ring (bicyclic) bond motifs is 1. The number of hydrogen-bond acceptors (Lipinski definition) is 18. The summed E-state index contributed by atoms with van der Waals surface area (Å²) in [5, 5.41) is 36.7. The Hall–Kier alpha value is -9.34. The van der Waals surface area contributed by atoms with Crippen LogP contribution in [0.3, 0.4) is 0 Å². The molecule has 3 aliphatic rings. The molecule has 0 aliphatic carbocycles. The van der Waals surface area contributed by atoms with Crippen LogP contribution in [0.25, 0.3) is 0 Å². The molecule has 3 aliphatic heterocycles. The van der Waals surface area contributed by atoms with Gasteiger partial charge in [-0.15, -0.1) is 0 Å². The standard InChI is InChI=1S/C71H106N16O16S2/c1-12-41(7)59(82-55(91)34-74-67(99)57(39(3)4)84-65(97)51-26-20-28-86(51)38-88)69(101)80-49(63(95)77-44(10)61(93)72-32-53(89)76-43(9)30-46-22-16-14-17-23-46)36-104-105-37-50-64(96)78-45(11)62(94)73-33-54(90)79-48(31-47-24-18-15-19-25-47)71(103)87-29-21-27-52(87)66(98)85-58(40(5)6)68(100)75-35-56(92)83-60(42(8)13-2)70(102)81-50/h14-19,22-25,38-45,48-52,57-60H,12-13,20-21,26-37H2,1-11H3,(H,72,93)(H,73,94)(H,74,99)(H,75,100)(H,76,89)(H,77,95)(H,78,96)(H,79,90)(H,80,101)(H,81,102)(H,82,91)(H,83,92)(H,84,97)(H,85,98). The van der Waals surface area contributed by atoms with Crippen molar-refractivity contribution in [3.63, 3.8) is 0 Å². The zero-order valence-electron chi connectivity index (χ0n) is 61.6. The van der Waals surface area contributed by atoms with E-state index in [1.54, 1.807) is 92.6 Å². The van der Waals surface area contributed by atoms with Gasteiger partial charge in [-0.2, -0.15) is 0 Å². The Labute approximate surface area is 620 Å². The first kappa shape index (κ1) is 86.3. The van der Waals surface area contributed by atoms with E-state index in [2.05, 4.69) is 74.4 Å². The van der Waals surface area contributed by atoms with Crippen molar-refractivity contribution >= 4 is 117 Å². The average Bonchev–Trinajstić information content (AvgIpc) is 1.74. The van der Waals surface area contributed by atoms with Gasteiger partial charge in [0.2, 0.25) is 95.0 Å². The van der Waals surface area contributed by atoms with Crippen LogP contribution in [-0.4, -0.2) is 228 Å². The van der Waals surface area contributed by atoms with Gasteiger partial charge in [0.25, 0.3) is 0 Å². The Balaban J connectivity index is 1.39. The number of hydrogen-bond donors (Lipinski definition) is 14. The lowest BCUT2D eigenvalue weighted by molar-refractivity contribution is -0.142. The molecule has 14 N–H and O–H groups in total. The van der Waals surface area contributed by atoms with Crippen LogP contribution in [0.2, 0.25) is 0 Å². The minimum absolute atomic E-state index is 0.00504. The highest BCUT2D eigenvalue weighted by molar-refractivity contribution is 8.76. The van der Waals surface area contributed by atoms with Crippen LogP contribution < -0.4 is 74.4 Å². The zero-order valence-corrected chi connectivity index (χ0v) is 63.3. The SMILES string of the molecule is CCC(C)C(NC(=O)CNC(=O)C(NC(=O)C1CCCN1C=O)C(C)C)C(=O)NC(CSSCC1NC(=O)C(C(C)CC)NC(=O)CNC(=O)C(C(C)C)NC(=O)C2CCCN2C(=O)C(Cc2ccccc2)NC(=O)CNC(=O)C(C)NC1=O)C(=O)NC(C)C(=O)NCC(=O)NC(C)Cc1ccccc1. The van der Waals surface area contributed by atoms with E-state index in [4.69, 9.17) is 0 Å². The summed E-state index contributed by atoms with van der Waals surface area (Å²) in [4.78, 5) is 223. The summed E-state index contributed by atoms with van der Waals surface area (Å²) in [6.07, 6.45) is 3.36. The normalized spacial score (nSPS) is 22.3. The summed E-state index contributed by atoms with van der Waals surface area (Å²) in [6, 6.07) is 4.07. The van der Waals surface area contributed by atoms with Crippen molar-refractivity contribution < 1.29 is 76.7 Å².